The van der Waals surface area contributed by atoms with Gasteiger partial charge in [-0.25, -0.2) is 9.67 Å². The number of hydrogen-bond acceptors (Lipinski definition) is 6. The Morgan fingerprint density at radius 2 is 1.97 bits per heavy atom. The number of aryl methyl sites for hydroxylation is 3. The molecular weight excluding hydrogens is 412 g/mol. The van der Waals surface area contributed by atoms with Crippen LogP contribution in [0, 0.1) is 0 Å². The van der Waals surface area contributed by atoms with Gasteiger partial charge in [0.2, 0.25) is 0 Å². The van der Waals surface area contributed by atoms with E-state index in [0.717, 1.165) is 36.4 Å². The quantitative estimate of drug-likeness (QED) is 0.519. The van der Waals surface area contributed by atoms with Gasteiger partial charge in [0.05, 0.1) is 17.2 Å². The fraction of sp³-hybridized carbons (Fsp3) is 0.391. The minimum atomic E-state index is -0.281. The van der Waals surface area contributed by atoms with Gasteiger partial charge in [0, 0.05) is 23.9 Å². The normalized spacial score (nSPS) is 12.9. The molecule has 1 aliphatic rings. The van der Waals surface area contributed by atoms with Crippen LogP contribution in [0.15, 0.2) is 47.3 Å². The molecular formula is C23H26N4O3S. The summed E-state index contributed by atoms with van der Waals surface area (Å²) in [6.45, 7) is 1.10. The molecule has 7 nitrogen and oxygen atoms in total. The van der Waals surface area contributed by atoms with E-state index in [9.17, 15) is 9.59 Å². The number of hydrogen-bond donors (Lipinski definition) is 1. The lowest BCUT2D eigenvalue weighted by atomic mass is 10.0. The first-order chi connectivity index (χ1) is 15.2. The van der Waals surface area contributed by atoms with Crippen molar-refractivity contribution >= 4 is 17.2 Å². The van der Waals surface area contributed by atoms with Gasteiger partial charge >= 0.3 is 0 Å². The highest BCUT2D eigenvalue weighted by Gasteiger charge is 2.15. The molecule has 1 aliphatic carbocycles. The first-order valence-electron chi connectivity index (χ1n) is 10.7. The predicted octanol–water partition coefficient (Wildman–Crippen LogP) is 3.02. The van der Waals surface area contributed by atoms with Crippen molar-refractivity contribution in [3.8, 4) is 5.75 Å². The molecule has 1 aromatic carbocycles. The molecule has 4 rings (SSSR count). The lowest BCUT2D eigenvalue weighted by molar-refractivity contribution is 0.0945. The van der Waals surface area contributed by atoms with Crippen LogP contribution in [0.3, 0.4) is 0 Å². The van der Waals surface area contributed by atoms with Gasteiger partial charge in [0.1, 0.15) is 18.1 Å². The highest BCUT2D eigenvalue weighted by Crippen LogP contribution is 2.27. The van der Waals surface area contributed by atoms with E-state index in [1.165, 1.54) is 40.2 Å². The number of rotatable bonds is 9. The molecule has 0 spiro atoms. The van der Waals surface area contributed by atoms with Crippen molar-refractivity contribution in [1.29, 1.82) is 0 Å². The Labute approximate surface area is 185 Å². The van der Waals surface area contributed by atoms with Crippen molar-refractivity contribution < 1.29 is 9.53 Å². The fourth-order valence-electron chi connectivity index (χ4n) is 3.54. The maximum absolute atomic E-state index is 12.4. The van der Waals surface area contributed by atoms with Crippen LogP contribution in [0.1, 0.15) is 45.3 Å². The average Bonchev–Trinajstić information content (AvgIpc) is 3.21. The third-order valence-corrected chi connectivity index (χ3v) is 6.37. The van der Waals surface area contributed by atoms with Gasteiger partial charge in [0.15, 0.2) is 0 Å². The van der Waals surface area contributed by atoms with Gasteiger partial charge in [-0.3, -0.25) is 9.59 Å². The highest BCUT2D eigenvalue weighted by molar-refractivity contribution is 7.11. The van der Waals surface area contributed by atoms with E-state index in [0.29, 0.717) is 13.2 Å². The van der Waals surface area contributed by atoms with Crippen molar-refractivity contribution in [3.05, 3.63) is 74.1 Å². The Morgan fingerprint density at radius 3 is 2.81 bits per heavy atom. The average molecular weight is 439 g/mol. The van der Waals surface area contributed by atoms with Gasteiger partial charge in [-0.15, -0.1) is 11.3 Å². The smallest absolute Gasteiger partial charge is 0.271 e. The number of aromatic nitrogens is 3. The van der Waals surface area contributed by atoms with Crippen molar-refractivity contribution in [2.24, 2.45) is 0 Å². The zero-order valence-electron chi connectivity index (χ0n) is 17.4. The van der Waals surface area contributed by atoms with Gasteiger partial charge in [-0.05, 0) is 50.3 Å². The SMILES string of the molecule is O=C(NCCCc1nc2c(s1)CCCC2)c1ccc(=O)n(CCOc2ccccc2)n1. The highest BCUT2D eigenvalue weighted by atomic mass is 32.1. The lowest BCUT2D eigenvalue weighted by Gasteiger charge is -2.09. The van der Waals surface area contributed by atoms with E-state index in [1.54, 1.807) is 0 Å². The Balaban J connectivity index is 1.24. The minimum absolute atomic E-state index is 0.226. The molecule has 2 heterocycles. The standard InChI is InChI=1S/C23H26N4O3S/c28-22-13-12-19(26-27(22)15-16-30-17-7-2-1-3-8-17)23(29)24-14-6-11-21-25-18-9-4-5-10-20(18)31-21/h1-3,7-8,12-13H,4-6,9-11,14-16H2,(H,24,29). The second-order valence-corrected chi connectivity index (χ2v) is 8.65. The van der Waals surface area contributed by atoms with Gasteiger partial charge in [0.25, 0.3) is 11.5 Å². The fourth-order valence-corrected chi connectivity index (χ4v) is 4.74. The molecule has 0 bridgehead atoms. The van der Waals surface area contributed by atoms with E-state index in [4.69, 9.17) is 9.72 Å². The van der Waals surface area contributed by atoms with Crippen LogP contribution in [0.2, 0.25) is 0 Å². The topological polar surface area (TPSA) is 86.1 Å². The number of amides is 1. The Hall–Kier alpha value is -3.00. The summed E-state index contributed by atoms with van der Waals surface area (Å²) in [6, 6.07) is 12.2. The van der Waals surface area contributed by atoms with E-state index in [-0.39, 0.29) is 23.7 Å². The molecule has 3 aromatic rings. The van der Waals surface area contributed by atoms with Crippen LogP contribution in [-0.4, -0.2) is 33.8 Å². The molecule has 162 valence electrons. The van der Waals surface area contributed by atoms with Gasteiger partial charge < -0.3 is 10.1 Å². The maximum Gasteiger partial charge on any atom is 0.271 e. The third kappa shape index (κ3) is 5.79. The molecule has 31 heavy (non-hydrogen) atoms. The molecule has 1 amide bonds. The summed E-state index contributed by atoms with van der Waals surface area (Å²) in [6.07, 6.45) is 6.43. The molecule has 0 saturated heterocycles. The van der Waals surface area contributed by atoms with Crippen LogP contribution in [-0.2, 0) is 25.8 Å². The van der Waals surface area contributed by atoms with Crippen LogP contribution in [0.4, 0.5) is 0 Å². The van der Waals surface area contributed by atoms with Gasteiger partial charge in [-0.1, -0.05) is 18.2 Å². The molecule has 0 aliphatic heterocycles. The Bertz CT molecular complexity index is 1050. The predicted molar refractivity (Wildman–Crippen MR) is 120 cm³/mol. The number of nitrogens with one attached hydrogen (secondary N) is 1. The molecule has 0 saturated carbocycles. The molecule has 0 radical (unpaired) electrons. The monoisotopic (exact) mass is 438 g/mol. The molecule has 8 heteroatoms. The Kier molecular flexibility index (Phi) is 7.09. The molecule has 0 fully saturated rings. The summed E-state index contributed by atoms with van der Waals surface area (Å²) >= 11 is 1.81. The van der Waals surface area contributed by atoms with Crippen molar-refractivity contribution in [1.82, 2.24) is 20.1 Å². The van der Waals surface area contributed by atoms with E-state index in [1.807, 2.05) is 41.7 Å². The molecule has 0 atom stereocenters. The summed E-state index contributed by atoms with van der Waals surface area (Å²) in [7, 11) is 0. The minimum Gasteiger partial charge on any atom is -0.492 e. The second-order valence-electron chi connectivity index (χ2n) is 7.49. The number of ether oxygens (including phenoxy) is 1. The number of fused-ring (bicyclic) bond motifs is 1. The number of nitrogens with zero attached hydrogens (tertiary/aromatic N) is 3. The van der Waals surface area contributed by atoms with Crippen LogP contribution in [0.5, 0.6) is 5.75 Å². The third-order valence-electron chi connectivity index (χ3n) is 5.16. The number of para-hydroxylation sites is 1. The van der Waals surface area contributed by atoms with Crippen LogP contribution < -0.4 is 15.6 Å². The Morgan fingerprint density at radius 1 is 1.13 bits per heavy atom. The first-order valence-corrected chi connectivity index (χ1v) is 11.5. The summed E-state index contributed by atoms with van der Waals surface area (Å²) in [5, 5.41) is 8.23. The molecule has 2 aromatic heterocycles. The van der Waals surface area contributed by atoms with Gasteiger partial charge in [-0.2, -0.15) is 5.10 Å². The van der Waals surface area contributed by atoms with E-state index >= 15 is 0 Å². The van der Waals surface area contributed by atoms with Crippen molar-refractivity contribution in [2.75, 3.05) is 13.2 Å². The number of benzene rings is 1. The van der Waals surface area contributed by atoms with Crippen molar-refractivity contribution in [2.45, 2.75) is 45.1 Å². The maximum atomic E-state index is 12.4. The second kappa shape index (κ2) is 10.3. The van der Waals surface area contributed by atoms with E-state index in [2.05, 4.69) is 10.4 Å². The summed E-state index contributed by atoms with van der Waals surface area (Å²) in [5.41, 5.74) is 1.24. The summed E-state index contributed by atoms with van der Waals surface area (Å²) in [4.78, 5) is 30.7. The van der Waals surface area contributed by atoms with Crippen LogP contribution in [0.25, 0.3) is 0 Å². The van der Waals surface area contributed by atoms with Crippen molar-refractivity contribution in [3.63, 3.8) is 0 Å². The lowest BCUT2D eigenvalue weighted by Crippen LogP contribution is -2.31. The van der Waals surface area contributed by atoms with E-state index < -0.39 is 0 Å². The summed E-state index contributed by atoms with van der Waals surface area (Å²) in [5.74, 6) is 0.446. The number of thiazole rings is 1. The zero-order chi connectivity index (χ0) is 21.5. The zero-order valence-corrected chi connectivity index (χ0v) is 18.2. The summed E-state index contributed by atoms with van der Waals surface area (Å²) < 4.78 is 6.87. The largest absolute Gasteiger partial charge is 0.492 e. The molecule has 0 unspecified atom stereocenters. The number of carbonyl (C=O) groups is 1. The first kappa shape index (κ1) is 21.2. The number of carbonyl (C=O) groups excluding carboxylic acids is 1. The molecule has 1 N–H and O–H groups in total. The van der Waals surface area contributed by atoms with Crippen LogP contribution >= 0.6 is 11.3 Å².